The molecular formula is C24H27N5O2. The van der Waals surface area contributed by atoms with E-state index in [1.54, 1.807) is 13.3 Å². The van der Waals surface area contributed by atoms with Gasteiger partial charge in [0.2, 0.25) is 11.8 Å². The molecule has 2 N–H and O–H groups in total. The second-order valence-corrected chi connectivity index (χ2v) is 7.62. The molecule has 0 saturated heterocycles. The lowest BCUT2D eigenvalue weighted by Crippen LogP contribution is -2.45. The van der Waals surface area contributed by atoms with Crippen molar-refractivity contribution in [1.29, 1.82) is 0 Å². The van der Waals surface area contributed by atoms with Crippen LogP contribution in [-0.2, 0) is 24.3 Å². The van der Waals surface area contributed by atoms with E-state index in [-0.39, 0.29) is 12.5 Å². The predicted octanol–water partition coefficient (Wildman–Crippen LogP) is 2.90. The molecule has 1 amide bonds. The van der Waals surface area contributed by atoms with Crippen LogP contribution in [0.1, 0.15) is 22.4 Å². The van der Waals surface area contributed by atoms with Crippen LogP contribution in [0.4, 0.5) is 0 Å². The second-order valence-electron chi connectivity index (χ2n) is 7.62. The van der Waals surface area contributed by atoms with E-state index >= 15 is 0 Å². The first-order valence-electron chi connectivity index (χ1n) is 10.4. The van der Waals surface area contributed by atoms with Gasteiger partial charge >= 0.3 is 0 Å². The molecule has 0 atom stereocenters. The Hall–Kier alpha value is -3.61. The van der Waals surface area contributed by atoms with Crippen molar-refractivity contribution in [2.24, 2.45) is 4.99 Å². The number of aromatic nitrogens is 1. The van der Waals surface area contributed by atoms with Crippen molar-refractivity contribution in [3.8, 4) is 11.5 Å². The number of hydrogen-bond donors (Lipinski definition) is 2. The molecule has 0 unspecified atom stereocenters. The molecule has 7 nitrogen and oxygen atoms in total. The van der Waals surface area contributed by atoms with Gasteiger partial charge in [-0.15, -0.1) is 0 Å². The summed E-state index contributed by atoms with van der Waals surface area (Å²) in [5, 5.41) is 6.27. The van der Waals surface area contributed by atoms with Gasteiger partial charge < -0.3 is 20.0 Å². The van der Waals surface area contributed by atoms with Crippen LogP contribution in [0.25, 0.3) is 11.5 Å². The van der Waals surface area contributed by atoms with Gasteiger partial charge in [0.25, 0.3) is 0 Å². The number of amides is 1. The van der Waals surface area contributed by atoms with E-state index in [1.165, 1.54) is 16.7 Å². The smallest absolute Gasteiger partial charge is 0.242 e. The van der Waals surface area contributed by atoms with Crippen molar-refractivity contribution in [1.82, 2.24) is 20.5 Å². The predicted molar refractivity (Wildman–Crippen MR) is 120 cm³/mol. The Morgan fingerprint density at radius 1 is 1.13 bits per heavy atom. The highest BCUT2D eigenvalue weighted by molar-refractivity contribution is 5.86. The number of carbonyl (C=O) groups excluding carboxylic acids is 1. The number of rotatable bonds is 5. The summed E-state index contributed by atoms with van der Waals surface area (Å²) < 4.78 is 5.59. The second kappa shape index (κ2) is 9.47. The maximum absolute atomic E-state index is 12.6. The summed E-state index contributed by atoms with van der Waals surface area (Å²) in [6, 6.07) is 16.3. The van der Waals surface area contributed by atoms with E-state index in [1.807, 2.05) is 48.2 Å². The number of benzene rings is 2. The number of aliphatic imine (C=N–C) groups is 1. The Bertz CT molecular complexity index is 1070. The molecule has 7 heteroatoms. The van der Waals surface area contributed by atoms with E-state index in [0.29, 0.717) is 24.9 Å². The van der Waals surface area contributed by atoms with E-state index in [2.05, 4.69) is 32.7 Å². The molecule has 1 aromatic heterocycles. The third-order valence-electron chi connectivity index (χ3n) is 5.40. The number of fused-ring (bicyclic) bond motifs is 1. The van der Waals surface area contributed by atoms with Crippen molar-refractivity contribution < 1.29 is 9.21 Å². The molecule has 1 aliphatic rings. The lowest BCUT2D eigenvalue weighted by atomic mass is 10.00. The molecule has 3 aromatic rings. The van der Waals surface area contributed by atoms with Gasteiger partial charge in [-0.3, -0.25) is 9.79 Å². The molecular weight excluding hydrogens is 390 g/mol. The zero-order chi connectivity index (χ0) is 21.6. The van der Waals surface area contributed by atoms with Crippen LogP contribution in [0, 0.1) is 6.92 Å². The fraction of sp³-hybridized carbons (Fsp3) is 0.292. The summed E-state index contributed by atoms with van der Waals surface area (Å²) in [6.07, 6.45) is 2.52. The Labute approximate surface area is 182 Å². The summed E-state index contributed by atoms with van der Waals surface area (Å²) >= 11 is 0. The summed E-state index contributed by atoms with van der Waals surface area (Å²) in [5.74, 6) is 1.19. The van der Waals surface area contributed by atoms with Gasteiger partial charge in [-0.05, 0) is 36.6 Å². The minimum Gasteiger partial charge on any atom is -0.444 e. The van der Waals surface area contributed by atoms with Gasteiger partial charge in [-0.1, -0.05) is 42.0 Å². The maximum Gasteiger partial charge on any atom is 0.242 e. The number of aryl methyl sites for hydroxylation is 1. The molecule has 1 aliphatic heterocycles. The lowest BCUT2D eigenvalue weighted by molar-refractivity contribution is -0.130. The van der Waals surface area contributed by atoms with Crippen LogP contribution in [0.5, 0.6) is 0 Å². The fourth-order valence-electron chi connectivity index (χ4n) is 3.59. The molecule has 2 aromatic carbocycles. The van der Waals surface area contributed by atoms with Gasteiger partial charge in [0, 0.05) is 25.7 Å². The van der Waals surface area contributed by atoms with Crippen LogP contribution in [0.2, 0.25) is 0 Å². The standard InChI is InChI=1S/C24H27N5O2/c1-17-7-9-19(10-8-17)23-28-21(16-31-23)13-26-24(25-2)27-14-22(30)29-12-11-18-5-3-4-6-20(18)15-29/h3-10,16H,11-15H2,1-2H3,(H2,25,26,27). The summed E-state index contributed by atoms with van der Waals surface area (Å²) in [4.78, 5) is 23.2. The van der Waals surface area contributed by atoms with Gasteiger partial charge in [-0.25, -0.2) is 4.98 Å². The third-order valence-corrected chi connectivity index (χ3v) is 5.40. The largest absolute Gasteiger partial charge is 0.444 e. The molecule has 160 valence electrons. The van der Waals surface area contributed by atoms with E-state index < -0.39 is 0 Å². The monoisotopic (exact) mass is 417 g/mol. The van der Waals surface area contributed by atoms with Crippen molar-refractivity contribution in [3.63, 3.8) is 0 Å². The third kappa shape index (κ3) is 5.12. The molecule has 31 heavy (non-hydrogen) atoms. The number of carbonyl (C=O) groups is 1. The Balaban J connectivity index is 1.27. The van der Waals surface area contributed by atoms with Gasteiger partial charge in [-0.2, -0.15) is 0 Å². The minimum atomic E-state index is 0.0561. The highest BCUT2D eigenvalue weighted by Crippen LogP contribution is 2.19. The SMILES string of the molecule is CN=C(NCC(=O)N1CCc2ccccc2C1)NCc1coc(-c2ccc(C)cc2)n1. The van der Waals surface area contributed by atoms with Crippen LogP contribution < -0.4 is 10.6 Å². The zero-order valence-corrected chi connectivity index (χ0v) is 17.9. The summed E-state index contributed by atoms with van der Waals surface area (Å²) in [7, 11) is 1.68. The molecule has 0 bridgehead atoms. The Kier molecular flexibility index (Phi) is 6.31. The summed E-state index contributed by atoms with van der Waals surface area (Å²) in [6.45, 7) is 4.07. The molecule has 2 heterocycles. The highest BCUT2D eigenvalue weighted by atomic mass is 16.3. The van der Waals surface area contributed by atoms with E-state index in [4.69, 9.17) is 4.42 Å². The number of hydrogen-bond acceptors (Lipinski definition) is 4. The fourth-order valence-corrected chi connectivity index (χ4v) is 3.59. The van der Waals surface area contributed by atoms with Gasteiger partial charge in [0.15, 0.2) is 5.96 Å². The Morgan fingerprint density at radius 2 is 1.90 bits per heavy atom. The first-order valence-corrected chi connectivity index (χ1v) is 10.4. The van der Waals surface area contributed by atoms with E-state index in [0.717, 1.165) is 24.2 Å². The first kappa shape index (κ1) is 20.7. The minimum absolute atomic E-state index is 0.0561. The van der Waals surface area contributed by atoms with Crippen LogP contribution in [0.15, 0.2) is 64.2 Å². The number of nitrogens with one attached hydrogen (secondary N) is 2. The lowest BCUT2D eigenvalue weighted by Gasteiger charge is -2.29. The number of oxazole rings is 1. The van der Waals surface area contributed by atoms with Crippen LogP contribution in [0.3, 0.4) is 0 Å². The van der Waals surface area contributed by atoms with Crippen LogP contribution >= 0.6 is 0 Å². The van der Waals surface area contributed by atoms with Crippen molar-refractivity contribution in [2.75, 3.05) is 20.1 Å². The molecule has 0 spiro atoms. The topological polar surface area (TPSA) is 82.8 Å². The number of nitrogens with zero attached hydrogens (tertiary/aromatic N) is 3. The van der Waals surface area contributed by atoms with E-state index in [9.17, 15) is 4.79 Å². The average Bonchev–Trinajstić information content (AvgIpc) is 3.28. The molecule has 0 radical (unpaired) electrons. The van der Waals surface area contributed by atoms with Crippen molar-refractivity contribution in [2.45, 2.75) is 26.4 Å². The summed E-state index contributed by atoms with van der Waals surface area (Å²) in [5.41, 5.74) is 5.44. The van der Waals surface area contributed by atoms with Crippen LogP contribution in [-0.4, -0.2) is 41.9 Å². The van der Waals surface area contributed by atoms with Gasteiger partial charge in [0.1, 0.15) is 6.26 Å². The zero-order valence-electron chi connectivity index (χ0n) is 17.9. The quantitative estimate of drug-likeness (QED) is 0.493. The van der Waals surface area contributed by atoms with Crippen molar-refractivity contribution >= 4 is 11.9 Å². The number of guanidine groups is 1. The first-order chi connectivity index (χ1) is 15.1. The molecule has 0 aliphatic carbocycles. The average molecular weight is 418 g/mol. The van der Waals surface area contributed by atoms with Gasteiger partial charge in [0.05, 0.1) is 18.8 Å². The normalized spacial score (nSPS) is 13.6. The molecule has 4 rings (SSSR count). The Morgan fingerprint density at radius 3 is 2.68 bits per heavy atom. The maximum atomic E-state index is 12.6. The van der Waals surface area contributed by atoms with Crippen molar-refractivity contribution in [3.05, 3.63) is 77.2 Å². The molecule has 0 fully saturated rings. The molecule has 0 saturated carbocycles. The highest BCUT2D eigenvalue weighted by Gasteiger charge is 2.20.